The highest BCUT2D eigenvalue weighted by Crippen LogP contribution is 2.30. The lowest BCUT2D eigenvalue weighted by molar-refractivity contribution is 0.586. The van der Waals surface area contributed by atoms with Crippen molar-refractivity contribution in [1.82, 2.24) is 9.78 Å². The van der Waals surface area contributed by atoms with Gasteiger partial charge >= 0.3 is 0 Å². The first-order chi connectivity index (χ1) is 8.87. The van der Waals surface area contributed by atoms with Crippen LogP contribution in [0.2, 0.25) is 0 Å². The maximum atomic E-state index is 11.1. The first kappa shape index (κ1) is 14.1. The number of hydrogen-bond acceptors (Lipinski definition) is 4. The molecule has 0 aliphatic rings. The topological polar surface area (TPSA) is 78.0 Å². The monoisotopic (exact) mass is 343 g/mol. The molecular weight excluding hydrogens is 330 g/mol. The zero-order valence-electron chi connectivity index (χ0n) is 10.4. The number of rotatable bonds is 4. The smallest absolute Gasteiger partial charge is 0.149 e. The second kappa shape index (κ2) is 5.34. The molecule has 0 bridgehead atoms. The summed E-state index contributed by atoms with van der Waals surface area (Å²) in [6.07, 6.45) is 2.86. The number of nitrogens with two attached hydrogens (primary N) is 1. The molecule has 0 aliphatic heterocycles. The number of sulfone groups is 1. The molecule has 102 valence electrons. The molecule has 2 rings (SSSR count). The molecule has 5 nitrogen and oxygen atoms in total. The fourth-order valence-corrected chi connectivity index (χ4v) is 2.66. The minimum absolute atomic E-state index is 0.0452. The molecule has 0 atom stereocenters. The molecule has 0 fully saturated rings. The number of aryl methyl sites for hydroxylation is 1. The molecule has 0 saturated heterocycles. The Morgan fingerprint density at radius 1 is 1.37 bits per heavy atom. The van der Waals surface area contributed by atoms with E-state index >= 15 is 0 Å². The van der Waals surface area contributed by atoms with Crippen molar-refractivity contribution >= 4 is 31.5 Å². The molecule has 7 heteroatoms. The summed E-state index contributed by atoms with van der Waals surface area (Å²) in [7, 11) is -3.01. The highest BCUT2D eigenvalue weighted by atomic mass is 79.9. The van der Waals surface area contributed by atoms with Crippen LogP contribution in [-0.2, 0) is 16.4 Å². The lowest BCUT2D eigenvalue weighted by Gasteiger charge is -2.02. The number of anilines is 1. The van der Waals surface area contributed by atoms with Gasteiger partial charge in [0.25, 0.3) is 0 Å². The molecule has 0 aliphatic carbocycles. The van der Waals surface area contributed by atoms with Gasteiger partial charge in [0.2, 0.25) is 0 Å². The lowest BCUT2D eigenvalue weighted by Crippen LogP contribution is -2.11. The van der Waals surface area contributed by atoms with Gasteiger partial charge in [0.1, 0.15) is 15.5 Å². The zero-order valence-corrected chi connectivity index (χ0v) is 12.8. The largest absolute Gasteiger partial charge is 0.396 e. The SMILES string of the molecule is CS(=O)(=O)CCn1cc(N)c(-c2ccccc2Br)n1. The molecule has 2 aromatic rings. The summed E-state index contributed by atoms with van der Waals surface area (Å²) in [4.78, 5) is 0. The van der Waals surface area contributed by atoms with Gasteiger partial charge < -0.3 is 5.73 Å². The quantitative estimate of drug-likeness (QED) is 0.919. The van der Waals surface area contributed by atoms with Crippen molar-refractivity contribution in [2.45, 2.75) is 6.54 Å². The van der Waals surface area contributed by atoms with Gasteiger partial charge in [-0.15, -0.1) is 0 Å². The van der Waals surface area contributed by atoms with E-state index in [1.807, 2.05) is 24.3 Å². The Morgan fingerprint density at radius 3 is 2.68 bits per heavy atom. The van der Waals surface area contributed by atoms with Gasteiger partial charge in [-0.3, -0.25) is 4.68 Å². The highest BCUT2D eigenvalue weighted by molar-refractivity contribution is 9.10. The zero-order chi connectivity index (χ0) is 14.0. The summed E-state index contributed by atoms with van der Waals surface area (Å²) in [5.41, 5.74) is 8.00. The Labute approximate surface area is 120 Å². The van der Waals surface area contributed by atoms with E-state index in [2.05, 4.69) is 21.0 Å². The van der Waals surface area contributed by atoms with Gasteiger partial charge in [-0.25, -0.2) is 8.42 Å². The summed E-state index contributed by atoms with van der Waals surface area (Å²) < 4.78 is 24.7. The lowest BCUT2D eigenvalue weighted by atomic mass is 10.1. The molecule has 0 amide bonds. The van der Waals surface area contributed by atoms with Crippen LogP contribution < -0.4 is 5.73 Å². The van der Waals surface area contributed by atoms with E-state index in [1.165, 1.54) is 6.26 Å². The standard InChI is InChI=1S/C12H14BrN3O2S/c1-19(17,18)7-6-16-8-11(14)12(15-16)9-4-2-3-5-10(9)13/h2-5,8H,6-7,14H2,1H3. The number of halogens is 1. The number of aromatic nitrogens is 2. The number of hydrogen-bond donors (Lipinski definition) is 1. The van der Waals surface area contributed by atoms with Crippen molar-refractivity contribution < 1.29 is 8.42 Å². The molecule has 2 N–H and O–H groups in total. The predicted octanol–water partition coefficient (Wildman–Crippen LogP) is 1.94. The average molecular weight is 344 g/mol. The van der Waals surface area contributed by atoms with E-state index in [0.717, 1.165) is 10.0 Å². The Hall–Kier alpha value is -1.34. The third-order valence-corrected chi connectivity index (χ3v) is 4.23. The van der Waals surface area contributed by atoms with E-state index in [0.29, 0.717) is 17.9 Å². The second-order valence-electron chi connectivity index (χ2n) is 4.31. The van der Waals surface area contributed by atoms with E-state index in [4.69, 9.17) is 5.73 Å². The molecule has 1 aromatic heterocycles. The van der Waals surface area contributed by atoms with Gasteiger partial charge in [0, 0.05) is 22.5 Å². The van der Waals surface area contributed by atoms with Crippen LogP contribution in [0.1, 0.15) is 0 Å². The Morgan fingerprint density at radius 2 is 2.05 bits per heavy atom. The van der Waals surface area contributed by atoms with Crippen LogP contribution in [0.15, 0.2) is 34.9 Å². The fourth-order valence-electron chi connectivity index (χ4n) is 1.67. The third kappa shape index (κ3) is 3.57. The van der Waals surface area contributed by atoms with E-state index < -0.39 is 9.84 Å². The van der Waals surface area contributed by atoms with Gasteiger partial charge in [0.15, 0.2) is 0 Å². The molecule has 1 heterocycles. The minimum atomic E-state index is -3.01. The van der Waals surface area contributed by atoms with Crippen LogP contribution in [0.3, 0.4) is 0 Å². The van der Waals surface area contributed by atoms with Crippen molar-refractivity contribution in [3.8, 4) is 11.3 Å². The van der Waals surface area contributed by atoms with Gasteiger partial charge in [-0.05, 0) is 6.07 Å². The highest BCUT2D eigenvalue weighted by Gasteiger charge is 2.12. The summed E-state index contributed by atoms with van der Waals surface area (Å²) in [6.45, 7) is 0.299. The molecule has 19 heavy (non-hydrogen) atoms. The van der Waals surface area contributed by atoms with E-state index in [9.17, 15) is 8.42 Å². The van der Waals surface area contributed by atoms with Gasteiger partial charge in [-0.2, -0.15) is 5.10 Å². The maximum Gasteiger partial charge on any atom is 0.149 e. The van der Waals surface area contributed by atoms with Crippen molar-refractivity contribution in [1.29, 1.82) is 0 Å². The summed E-state index contributed by atoms with van der Waals surface area (Å²) in [5.74, 6) is 0.0452. The number of nitrogen functional groups attached to an aromatic ring is 1. The number of benzene rings is 1. The Kier molecular flexibility index (Phi) is 3.96. The summed E-state index contributed by atoms with van der Waals surface area (Å²) >= 11 is 3.45. The van der Waals surface area contributed by atoms with Crippen LogP contribution in [-0.4, -0.2) is 30.2 Å². The molecule has 0 radical (unpaired) electrons. The first-order valence-corrected chi connectivity index (χ1v) is 8.48. The van der Waals surface area contributed by atoms with E-state index in [-0.39, 0.29) is 5.75 Å². The van der Waals surface area contributed by atoms with Crippen LogP contribution in [0.5, 0.6) is 0 Å². The van der Waals surface area contributed by atoms with Crippen molar-refractivity contribution in [2.75, 3.05) is 17.7 Å². The van der Waals surface area contributed by atoms with E-state index in [1.54, 1.807) is 10.9 Å². The van der Waals surface area contributed by atoms with Crippen LogP contribution in [0.25, 0.3) is 11.3 Å². The third-order valence-electron chi connectivity index (χ3n) is 2.61. The van der Waals surface area contributed by atoms with Crippen molar-refractivity contribution in [2.24, 2.45) is 0 Å². The second-order valence-corrected chi connectivity index (χ2v) is 7.42. The van der Waals surface area contributed by atoms with Crippen LogP contribution in [0, 0.1) is 0 Å². The van der Waals surface area contributed by atoms with Gasteiger partial charge in [0.05, 0.1) is 18.0 Å². The first-order valence-electron chi connectivity index (χ1n) is 5.62. The molecular formula is C12H14BrN3O2S. The van der Waals surface area contributed by atoms with Crippen molar-refractivity contribution in [3.05, 3.63) is 34.9 Å². The summed E-state index contributed by atoms with van der Waals surface area (Å²) in [6, 6.07) is 7.62. The molecule has 0 saturated carbocycles. The molecule has 0 unspecified atom stereocenters. The number of nitrogens with zero attached hydrogens (tertiary/aromatic N) is 2. The normalized spacial score (nSPS) is 11.7. The Bertz CT molecular complexity index is 695. The van der Waals surface area contributed by atoms with Gasteiger partial charge in [-0.1, -0.05) is 34.1 Å². The maximum absolute atomic E-state index is 11.1. The predicted molar refractivity (Wildman–Crippen MR) is 79.5 cm³/mol. The summed E-state index contributed by atoms with van der Waals surface area (Å²) in [5, 5.41) is 4.34. The fraction of sp³-hybridized carbons (Fsp3) is 0.250. The average Bonchev–Trinajstić information content (AvgIpc) is 2.68. The molecule has 1 aromatic carbocycles. The Balaban J connectivity index is 2.30. The van der Waals surface area contributed by atoms with Crippen LogP contribution in [0.4, 0.5) is 5.69 Å². The molecule has 0 spiro atoms. The van der Waals surface area contributed by atoms with Crippen LogP contribution >= 0.6 is 15.9 Å². The van der Waals surface area contributed by atoms with Crippen molar-refractivity contribution in [3.63, 3.8) is 0 Å². The minimum Gasteiger partial charge on any atom is -0.396 e.